The largest absolute Gasteiger partial charge is 0.349 e. The molecule has 0 radical (unpaired) electrons. The molecule has 0 N–H and O–H groups in total. The van der Waals surface area contributed by atoms with Gasteiger partial charge in [0, 0.05) is 31.5 Å². The average molecular weight is 339 g/mol. The lowest BCUT2D eigenvalue weighted by Gasteiger charge is -2.18. The minimum Gasteiger partial charge on any atom is -0.349 e. The van der Waals surface area contributed by atoms with E-state index in [9.17, 15) is 14.4 Å². The van der Waals surface area contributed by atoms with Crippen molar-refractivity contribution in [2.45, 2.75) is 12.8 Å². The third-order valence-electron chi connectivity index (χ3n) is 3.21. The molecule has 0 aliphatic carbocycles. The Morgan fingerprint density at radius 3 is 2.65 bits per heavy atom. The maximum absolute atomic E-state index is 12.0. The van der Waals surface area contributed by atoms with Gasteiger partial charge in [-0.1, -0.05) is 6.07 Å². The molecule has 6 heteroatoms. The van der Waals surface area contributed by atoms with Gasteiger partial charge in [0.05, 0.1) is 11.3 Å². The Kier molecular flexibility index (Phi) is 4.23. The number of hydrogen-bond acceptors (Lipinski definition) is 3. The van der Waals surface area contributed by atoms with Gasteiger partial charge < -0.3 is 9.80 Å². The summed E-state index contributed by atoms with van der Waals surface area (Å²) in [5.41, 5.74) is 1.03. The monoisotopic (exact) mass is 338 g/mol. The van der Waals surface area contributed by atoms with Crippen LogP contribution in [0.2, 0.25) is 0 Å². The maximum Gasteiger partial charge on any atom is 0.299 e. The van der Waals surface area contributed by atoms with Crippen molar-refractivity contribution in [3.05, 3.63) is 28.2 Å². The molecule has 1 aromatic carbocycles. The molecule has 0 saturated heterocycles. The van der Waals surface area contributed by atoms with Crippen LogP contribution in [0.3, 0.4) is 0 Å². The third-order valence-corrected chi connectivity index (χ3v) is 3.85. The number of carbonyl (C=O) groups is 3. The number of hydrogen-bond donors (Lipinski definition) is 0. The number of Topliss-reactive ketones (excluding diaryl/α,β-unsaturated/α-hetero) is 1. The van der Waals surface area contributed by atoms with Crippen LogP contribution in [0.15, 0.2) is 22.7 Å². The number of halogens is 1. The summed E-state index contributed by atoms with van der Waals surface area (Å²) in [7, 11) is 3.39. The van der Waals surface area contributed by atoms with Crippen LogP contribution in [-0.2, 0) is 9.59 Å². The molecule has 1 aliphatic rings. The molecular weight excluding hydrogens is 324 g/mol. The second-order valence-electron chi connectivity index (χ2n) is 4.81. The number of fused-ring (bicyclic) bond motifs is 1. The highest BCUT2D eigenvalue weighted by Gasteiger charge is 2.36. The van der Waals surface area contributed by atoms with E-state index in [4.69, 9.17) is 0 Å². The van der Waals surface area contributed by atoms with Gasteiger partial charge in [-0.2, -0.15) is 0 Å². The number of nitrogens with zero attached hydrogens (tertiary/aromatic N) is 2. The fourth-order valence-corrected chi connectivity index (χ4v) is 2.72. The quantitative estimate of drug-likeness (QED) is 0.787. The number of ketones is 1. The van der Waals surface area contributed by atoms with Gasteiger partial charge in [-0.3, -0.25) is 14.4 Å². The Morgan fingerprint density at radius 1 is 1.30 bits per heavy atom. The zero-order valence-electron chi connectivity index (χ0n) is 11.4. The molecule has 1 aromatic rings. The van der Waals surface area contributed by atoms with Gasteiger partial charge in [-0.15, -0.1) is 0 Å². The van der Waals surface area contributed by atoms with Crippen LogP contribution in [0, 0.1) is 0 Å². The molecule has 0 saturated carbocycles. The SMILES string of the molecule is CN(C)C(=O)CCCN1C(=O)C(=O)c2cccc(Br)c21. The first kappa shape index (κ1) is 14.7. The first-order valence-corrected chi connectivity index (χ1v) is 7.07. The van der Waals surface area contributed by atoms with E-state index in [0.29, 0.717) is 35.1 Å². The van der Waals surface area contributed by atoms with Crippen LogP contribution < -0.4 is 4.90 Å². The van der Waals surface area contributed by atoms with E-state index >= 15 is 0 Å². The molecule has 0 spiro atoms. The van der Waals surface area contributed by atoms with E-state index in [0.717, 1.165) is 0 Å². The van der Waals surface area contributed by atoms with Crippen LogP contribution in [0.25, 0.3) is 0 Å². The third kappa shape index (κ3) is 2.60. The summed E-state index contributed by atoms with van der Waals surface area (Å²) in [6.45, 7) is 0.361. The summed E-state index contributed by atoms with van der Waals surface area (Å²) in [6.07, 6.45) is 0.877. The summed E-state index contributed by atoms with van der Waals surface area (Å²) < 4.78 is 0.716. The van der Waals surface area contributed by atoms with Crippen LogP contribution >= 0.6 is 15.9 Å². The van der Waals surface area contributed by atoms with Crippen LogP contribution in [0.1, 0.15) is 23.2 Å². The molecule has 2 amide bonds. The summed E-state index contributed by atoms with van der Waals surface area (Å²) in [5.74, 6) is -1.00. The normalized spacial score (nSPS) is 13.7. The number of rotatable bonds is 4. The second kappa shape index (κ2) is 5.75. The molecule has 20 heavy (non-hydrogen) atoms. The van der Waals surface area contributed by atoms with Crippen molar-refractivity contribution in [1.82, 2.24) is 4.90 Å². The van der Waals surface area contributed by atoms with E-state index in [-0.39, 0.29) is 5.91 Å². The average Bonchev–Trinajstić information content (AvgIpc) is 2.65. The van der Waals surface area contributed by atoms with Crippen molar-refractivity contribution >= 4 is 39.2 Å². The fraction of sp³-hybridized carbons (Fsp3) is 0.357. The van der Waals surface area contributed by atoms with Crippen molar-refractivity contribution in [1.29, 1.82) is 0 Å². The van der Waals surface area contributed by atoms with Crippen LogP contribution in [0.5, 0.6) is 0 Å². The lowest BCUT2D eigenvalue weighted by atomic mass is 10.1. The van der Waals surface area contributed by atoms with E-state index in [2.05, 4.69) is 15.9 Å². The predicted molar refractivity (Wildman–Crippen MR) is 78.8 cm³/mol. The molecule has 5 nitrogen and oxygen atoms in total. The van der Waals surface area contributed by atoms with Gasteiger partial charge in [0.15, 0.2) is 0 Å². The number of benzene rings is 1. The lowest BCUT2D eigenvalue weighted by molar-refractivity contribution is -0.128. The number of carbonyl (C=O) groups excluding carboxylic acids is 3. The van der Waals surface area contributed by atoms with Crippen molar-refractivity contribution < 1.29 is 14.4 Å². The Morgan fingerprint density at radius 2 is 2.00 bits per heavy atom. The predicted octanol–water partition coefficient (Wildman–Crippen LogP) is 1.85. The Bertz CT molecular complexity index is 584. The molecule has 0 aromatic heterocycles. The van der Waals surface area contributed by atoms with Crippen molar-refractivity contribution in [2.24, 2.45) is 0 Å². The Balaban J connectivity index is 2.12. The maximum atomic E-state index is 12.0. The molecule has 0 fully saturated rings. The van der Waals surface area contributed by atoms with E-state index in [1.807, 2.05) is 0 Å². The molecule has 1 aliphatic heterocycles. The molecule has 1 heterocycles. The lowest BCUT2D eigenvalue weighted by Crippen LogP contribution is -2.32. The molecule has 0 bridgehead atoms. The Labute approximate surface area is 125 Å². The van der Waals surface area contributed by atoms with E-state index in [1.54, 1.807) is 32.3 Å². The van der Waals surface area contributed by atoms with Crippen LogP contribution in [0.4, 0.5) is 5.69 Å². The van der Waals surface area contributed by atoms with Crippen molar-refractivity contribution in [3.63, 3.8) is 0 Å². The molecule has 0 unspecified atom stereocenters. The standard InChI is InChI=1S/C14H15BrN2O3/c1-16(2)11(18)7-4-8-17-12-9(13(19)14(17)20)5-3-6-10(12)15/h3,5-6H,4,7-8H2,1-2H3. The zero-order chi connectivity index (χ0) is 14.9. The van der Waals surface area contributed by atoms with Crippen molar-refractivity contribution in [3.8, 4) is 0 Å². The van der Waals surface area contributed by atoms with Gasteiger partial charge in [-0.25, -0.2) is 0 Å². The highest BCUT2D eigenvalue weighted by molar-refractivity contribution is 9.10. The minimum absolute atomic E-state index is 0.00956. The highest BCUT2D eigenvalue weighted by Crippen LogP contribution is 2.35. The van der Waals surface area contributed by atoms with Crippen LogP contribution in [-0.4, -0.2) is 43.1 Å². The van der Waals surface area contributed by atoms with Gasteiger partial charge in [0.1, 0.15) is 0 Å². The smallest absolute Gasteiger partial charge is 0.299 e. The van der Waals surface area contributed by atoms with Gasteiger partial charge >= 0.3 is 0 Å². The number of amides is 2. The topological polar surface area (TPSA) is 57.7 Å². The zero-order valence-corrected chi connectivity index (χ0v) is 12.9. The number of anilines is 1. The Hall–Kier alpha value is -1.69. The van der Waals surface area contributed by atoms with Gasteiger partial charge in [0.25, 0.3) is 11.7 Å². The molecular formula is C14H15BrN2O3. The molecule has 106 valence electrons. The van der Waals surface area contributed by atoms with E-state index < -0.39 is 11.7 Å². The number of para-hydroxylation sites is 1. The van der Waals surface area contributed by atoms with Gasteiger partial charge in [-0.05, 0) is 34.5 Å². The summed E-state index contributed by atoms with van der Waals surface area (Å²) >= 11 is 3.37. The summed E-state index contributed by atoms with van der Waals surface area (Å²) in [5, 5.41) is 0. The molecule has 2 rings (SSSR count). The first-order valence-electron chi connectivity index (χ1n) is 6.28. The highest BCUT2D eigenvalue weighted by atomic mass is 79.9. The van der Waals surface area contributed by atoms with Gasteiger partial charge in [0.2, 0.25) is 5.91 Å². The van der Waals surface area contributed by atoms with E-state index in [1.165, 1.54) is 9.80 Å². The minimum atomic E-state index is -0.524. The first-order chi connectivity index (χ1) is 9.43. The fourth-order valence-electron chi connectivity index (χ4n) is 2.14. The molecule has 0 atom stereocenters. The summed E-state index contributed by atoms with van der Waals surface area (Å²) in [6, 6.07) is 5.17. The summed E-state index contributed by atoms with van der Waals surface area (Å²) in [4.78, 5) is 38.3. The second-order valence-corrected chi connectivity index (χ2v) is 5.67. The van der Waals surface area contributed by atoms with Crippen molar-refractivity contribution in [2.75, 3.05) is 25.5 Å².